The molecule has 0 saturated carbocycles. The van der Waals surface area contributed by atoms with Crippen LogP contribution in [-0.2, 0) is 12.8 Å². The van der Waals surface area contributed by atoms with Gasteiger partial charge in [0.1, 0.15) is 0 Å². The third-order valence-corrected chi connectivity index (χ3v) is 15.5. The van der Waals surface area contributed by atoms with Crippen LogP contribution in [0.15, 0.2) is 285 Å². The normalized spacial score (nSPS) is 11.6. The van der Waals surface area contributed by atoms with Crippen molar-refractivity contribution in [2.75, 3.05) is 4.90 Å². The van der Waals surface area contributed by atoms with Gasteiger partial charge < -0.3 is 4.90 Å². The molecule has 0 fully saturated rings. The number of nitrogens with zero attached hydrogens (tertiary/aromatic N) is 1. The molecule has 0 atom stereocenters. The van der Waals surface area contributed by atoms with Gasteiger partial charge in [-0.3, -0.25) is 0 Å². The number of anilines is 3. The summed E-state index contributed by atoms with van der Waals surface area (Å²) < 4.78 is 0. The highest BCUT2D eigenvalue weighted by Gasteiger charge is 2.22. The number of para-hydroxylation sites is 1. The fourth-order valence-electron chi connectivity index (χ4n) is 12.0. The van der Waals surface area contributed by atoms with E-state index in [1.54, 1.807) is 0 Å². The van der Waals surface area contributed by atoms with Crippen LogP contribution in [0.3, 0.4) is 0 Å². The third kappa shape index (κ3) is 7.98. The van der Waals surface area contributed by atoms with Gasteiger partial charge in [0.15, 0.2) is 0 Å². The van der Waals surface area contributed by atoms with Gasteiger partial charge in [0.25, 0.3) is 0 Å². The van der Waals surface area contributed by atoms with Crippen molar-refractivity contribution in [3.8, 4) is 44.5 Å². The number of hydrogen-bond acceptors (Lipinski definition) is 1. The Bertz CT molecular complexity index is 4400. The standard InChI is InChI=1S/C74H51N/c1-3-18-50(19-4-1)34-35-51-20-17-25-57(46-51)72-65-30-13-11-28-63(65)71(64-29-12-14-31-66(64)72)54-40-42-61(43-41-54)75(60-26-5-2-6-27-60)62-44-45-69-70(49-62)74(59-39-37-53-22-8-10-24-56(53)48-59)68-33-16-15-32-67(68)73(69)58-38-36-52-21-7-9-23-55(52)47-58/h1-33,36-49H,34-35H2. The lowest BCUT2D eigenvalue weighted by Gasteiger charge is -2.27. The summed E-state index contributed by atoms with van der Waals surface area (Å²) in [6.07, 6.45) is 2.01. The predicted molar refractivity (Wildman–Crippen MR) is 322 cm³/mol. The van der Waals surface area contributed by atoms with Crippen LogP contribution >= 0.6 is 0 Å². The molecule has 0 saturated heterocycles. The molecule has 0 aliphatic carbocycles. The van der Waals surface area contributed by atoms with Crippen LogP contribution in [0.4, 0.5) is 17.1 Å². The first-order valence-corrected chi connectivity index (χ1v) is 26.2. The van der Waals surface area contributed by atoms with Gasteiger partial charge in [-0.2, -0.15) is 0 Å². The van der Waals surface area contributed by atoms with Crippen molar-refractivity contribution in [1.29, 1.82) is 0 Å². The Morgan fingerprint density at radius 3 is 1.12 bits per heavy atom. The van der Waals surface area contributed by atoms with E-state index in [2.05, 4.69) is 290 Å². The molecule has 1 heteroatoms. The highest BCUT2D eigenvalue weighted by molar-refractivity contribution is 6.24. The van der Waals surface area contributed by atoms with Crippen LogP contribution in [0, 0.1) is 0 Å². The third-order valence-electron chi connectivity index (χ3n) is 15.5. The van der Waals surface area contributed by atoms with Crippen molar-refractivity contribution in [1.82, 2.24) is 0 Å². The van der Waals surface area contributed by atoms with Crippen molar-refractivity contribution < 1.29 is 0 Å². The van der Waals surface area contributed by atoms with Crippen LogP contribution in [-0.4, -0.2) is 0 Å². The summed E-state index contributed by atoms with van der Waals surface area (Å²) in [4.78, 5) is 2.42. The summed E-state index contributed by atoms with van der Waals surface area (Å²) in [5.41, 5.74) is 15.9. The summed E-state index contributed by atoms with van der Waals surface area (Å²) in [6, 6.07) is 106. The second-order valence-corrected chi connectivity index (χ2v) is 19.9. The molecule has 14 aromatic rings. The fraction of sp³-hybridized carbons (Fsp3) is 0.0270. The average molecular weight is 954 g/mol. The van der Waals surface area contributed by atoms with Crippen LogP contribution in [0.2, 0.25) is 0 Å². The molecule has 1 nitrogen and oxygen atoms in total. The maximum Gasteiger partial charge on any atom is 0.0468 e. The number of hydrogen-bond donors (Lipinski definition) is 0. The molecule has 0 aliphatic heterocycles. The SMILES string of the molecule is c1ccc(CCc2cccc(-c3c4ccccc4c(-c4ccc(N(c5ccccc5)c5ccc6c(-c7ccc8ccccc8c7)c7ccccc7c(-c7ccc8ccccc8c7)c6c5)cc4)c4ccccc34)c2)cc1. The molecule has 75 heavy (non-hydrogen) atoms. The Hall–Kier alpha value is -9.56. The summed E-state index contributed by atoms with van der Waals surface area (Å²) in [7, 11) is 0. The van der Waals surface area contributed by atoms with Gasteiger partial charge in [-0.1, -0.05) is 237 Å². The predicted octanol–water partition coefficient (Wildman–Crippen LogP) is 20.5. The topological polar surface area (TPSA) is 3.24 Å². The summed E-state index contributed by atoms with van der Waals surface area (Å²) >= 11 is 0. The van der Waals surface area contributed by atoms with Crippen LogP contribution in [0.1, 0.15) is 11.1 Å². The number of fused-ring (bicyclic) bond motifs is 6. The van der Waals surface area contributed by atoms with E-state index in [0.29, 0.717) is 0 Å². The average Bonchev–Trinajstić information content (AvgIpc) is 3.49. The summed E-state index contributed by atoms with van der Waals surface area (Å²) in [6.45, 7) is 0. The first-order valence-electron chi connectivity index (χ1n) is 26.2. The molecule has 0 N–H and O–H groups in total. The van der Waals surface area contributed by atoms with E-state index in [9.17, 15) is 0 Å². The van der Waals surface area contributed by atoms with Crippen LogP contribution in [0.25, 0.3) is 109 Å². The van der Waals surface area contributed by atoms with Gasteiger partial charge in [0, 0.05) is 17.1 Å². The maximum atomic E-state index is 2.44. The minimum atomic E-state index is 0.992. The largest absolute Gasteiger partial charge is 0.310 e. The fourth-order valence-corrected chi connectivity index (χ4v) is 12.0. The van der Waals surface area contributed by atoms with E-state index in [1.165, 1.54) is 120 Å². The second-order valence-electron chi connectivity index (χ2n) is 19.9. The molecule has 0 unspecified atom stereocenters. The first-order chi connectivity index (χ1) is 37.2. The van der Waals surface area contributed by atoms with E-state index in [-0.39, 0.29) is 0 Å². The zero-order valence-electron chi connectivity index (χ0n) is 41.5. The Morgan fingerprint density at radius 1 is 0.200 bits per heavy atom. The molecule has 0 aliphatic rings. The van der Waals surface area contributed by atoms with E-state index in [1.807, 2.05) is 0 Å². The van der Waals surface area contributed by atoms with Crippen LogP contribution < -0.4 is 4.90 Å². The highest BCUT2D eigenvalue weighted by Crippen LogP contribution is 2.49. The Labute approximate surface area is 437 Å². The molecule has 0 heterocycles. The number of aryl methyl sites for hydroxylation is 2. The van der Waals surface area contributed by atoms with E-state index in [0.717, 1.165) is 29.9 Å². The minimum Gasteiger partial charge on any atom is -0.310 e. The molecule has 0 amide bonds. The highest BCUT2D eigenvalue weighted by atomic mass is 15.1. The Balaban J connectivity index is 0.932. The molecule has 0 radical (unpaired) electrons. The molecular weight excluding hydrogens is 903 g/mol. The molecule has 14 rings (SSSR count). The Morgan fingerprint density at radius 2 is 0.573 bits per heavy atom. The van der Waals surface area contributed by atoms with Crippen molar-refractivity contribution in [2.45, 2.75) is 12.8 Å². The number of rotatable bonds is 10. The molecule has 0 aromatic heterocycles. The molecule has 352 valence electrons. The van der Waals surface area contributed by atoms with Crippen LogP contribution in [0.5, 0.6) is 0 Å². The zero-order chi connectivity index (χ0) is 49.7. The first kappa shape index (κ1) is 44.2. The lowest BCUT2D eigenvalue weighted by atomic mass is 9.85. The van der Waals surface area contributed by atoms with Gasteiger partial charge in [-0.05, 0) is 182 Å². The second kappa shape index (κ2) is 18.8. The van der Waals surface area contributed by atoms with Gasteiger partial charge in [0.2, 0.25) is 0 Å². The lowest BCUT2D eigenvalue weighted by Crippen LogP contribution is -2.10. The van der Waals surface area contributed by atoms with E-state index < -0.39 is 0 Å². The molecular formula is C74H51N. The maximum absolute atomic E-state index is 2.44. The number of benzene rings is 14. The smallest absolute Gasteiger partial charge is 0.0468 e. The quantitative estimate of drug-likeness (QED) is 0.124. The van der Waals surface area contributed by atoms with Gasteiger partial charge >= 0.3 is 0 Å². The monoisotopic (exact) mass is 953 g/mol. The van der Waals surface area contributed by atoms with E-state index in [4.69, 9.17) is 0 Å². The van der Waals surface area contributed by atoms with Crippen molar-refractivity contribution in [2.24, 2.45) is 0 Å². The molecule has 14 aromatic carbocycles. The molecule has 0 bridgehead atoms. The van der Waals surface area contributed by atoms with Crippen molar-refractivity contribution in [3.63, 3.8) is 0 Å². The summed E-state index contributed by atoms with van der Waals surface area (Å²) in [5, 5.41) is 14.9. The lowest BCUT2D eigenvalue weighted by molar-refractivity contribution is 0.961. The zero-order valence-corrected chi connectivity index (χ0v) is 41.5. The van der Waals surface area contributed by atoms with Crippen molar-refractivity contribution in [3.05, 3.63) is 296 Å². The summed E-state index contributed by atoms with van der Waals surface area (Å²) in [5.74, 6) is 0. The van der Waals surface area contributed by atoms with E-state index >= 15 is 0 Å². The Kier molecular flexibility index (Phi) is 11.1. The molecule has 0 spiro atoms. The van der Waals surface area contributed by atoms with Crippen molar-refractivity contribution >= 4 is 81.7 Å². The minimum absolute atomic E-state index is 0.992. The van der Waals surface area contributed by atoms with Gasteiger partial charge in [0.05, 0.1) is 0 Å². The van der Waals surface area contributed by atoms with Gasteiger partial charge in [-0.25, -0.2) is 0 Å². The van der Waals surface area contributed by atoms with Gasteiger partial charge in [-0.15, -0.1) is 0 Å².